The lowest BCUT2D eigenvalue weighted by Gasteiger charge is -2.36. The molecule has 4 heteroatoms. The molecule has 1 aliphatic carbocycles. The first-order valence-electron chi connectivity index (χ1n) is 8.67. The third-order valence-corrected chi connectivity index (χ3v) is 4.84. The second-order valence-corrected chi connectivity index (χ2v) is 7.08. The zero-order valence-electron chi connectivity index (χ0n) is 14.2. The summed E-state index contributed by atoms with van der Waals surface area (Å²) in [5, 5.41) is 7.95. The molecule has 1 aromatic heterocycles. The molecule has 0 saturated heterocycles. The van der Waals surface area contributed by atoms with Gasteiger partial charge in [-0.05, 0) is 44.1 Å². The van der Waals surface area contributed by atoms with Gasteiger partial charge in [-0.3, -0.25) is 0 Å². The molecule has 1 N–H and O–H groups in total. The summed E-state index contributed by atoms with van der Waals surface area (Å²) in [6.45, 7) is 7.75. The van der Waals surface area contributed by atoms with Gasteiger partial charge in [0.25, 0.3) is 0 Å². The normalized spacial score (nSPS) is 26.4. The average molecular weight is 292 g/mol. The maximum Gasteiger partial charge on any atom is 0.138 e. The van der Waals surface area contributed by atoms with Gasteiger partial charge in [-0.15, -0.1) is 0 Å². The molecule has 4 nitrogen and oxygen atoms in total. The van der Waals surface area contributed by atoms with E-state index in [9.17, 15) is 0 Å². The highest BCUT2D eigenvalue weighted by atomic mass is 15.3. The number of nitrogens with zero attached hydrogens (tertiary/aromatic N) is 3. The maximum absolute atomic E-state index is 4.53. The molecule has 1 heterocycles. The monoisotopic (exact) mass is 292 g/mol. The molecular weight excluding hydrogens is 260 g/mol. The van der Waals surface area contributed by atoms with Gasteiger partial charge in [-0.1, -0.05) is 33.6 Å². The van der Waals surface area contributed by atoms with E-state index in [0.717, 1.165) is 18.9 Å². The molecule has 1 aromatic rings. The van der Waals surface area contributed by atoms with Gasteiger partial charge in [0.1, 0.15) is 12.2 Å². The summed E-state index contributed by atoms with van der Waals surface area (Å²) in [5.74, 6) is 3.40. The highest BCUT2D eigenvalue weighted by Crippen LogP contribution is 2.33. The second kappa shape index (κ2) is 7.92. The van der Waals surface area contributed by atoms with Crippen molar-refractivity contribution in [3.8, 4) is 0 Å². The smallest absolute Gasteiger partial charge is 0.138 e. The Kier molecular flexibility index (Phi) is 6.22. The first-order chi connectivity index (χ1) is 10.1. The first kappa shape index (κ1) is 16.5. The fourth-order valence-corrected chi connectivity index (χ4v) is 3.82. The van der Waals surface area contributed by atoms with E-state index in [1.165, 1.54) is 37.9 Å². The SMILES string of the molecule is CCCC1CCC(NC)C(Cc2ncnn2CC(C)C)C1. The third-order valence-electron chi connectivity index (χ3n) is 4.84. The van der Waals surface area contributed by atoms with Gasteiger partial charge in [0, 0.05) is 19.0 Å². The molecule has 120 valence electrons. The summed E-state index contributed by atoms with van der Waals surface area (Å²) in [7, 11) is 2.11. The van der Waals surface area contributed by atoms with Crippen molar-refractivity contribution in [2.24, 2.45) is 17.8 Å². The Labute approximate surface area is 129 Å². The molecule has 0 bridgehead atoms. The van der Waals surface area contributed by atoms with Gasteiger partial charge < -0.3 is 5.32 Å². The summed E-state index contributed by atoms with van der Waals surface area (Å²) in [6, 6.07) is 0.641. The van der Waals surface area contributed by atoms with Gasteiger partial charge in [0.15, 0.2) is 0 Å². The Morgan fingerprint density at radius 1 is 1.38 bits per heavy atom. The fraction of sp³-hybridized carbons (Fsp3) is 0.882. The predicted molar refractivity (Wildman–Crippen MR) is 87.2 cm³/mol. The molecular formula is C17H32N4. The Balaban J connectivity index is 2.02. The van der Waals surface area contributed by atoms with Crippen molar-refractivity contribution in [3.05, 3.63) is 12.2 Å². The highest BCUT2D eigenvalue weighted by molar-refractivity contribution is 4.94. The predicted octanol–water partition coefficient (Wildman–Crippen LogP) is 3.28. The van der Waals surface area contributed by atoms with Crippen molar-refractivity contribution in [2.45, 2.75) is 71.9 Å². The van der Waals surface area contributed by atoms with Crippen molar-refractivity contribution < 1.29 is 0 Å². The summed E-state index contributed by atoms with van der Waals surface area (Å²) in [6.07, 6.45) is 9.51. The molecule has 1 fully saturated rings. The highest BCUT2D eigenvalue weighted by Gasteiger charge is 2.30. The van der Waals surface area contributed by atoms with Gasteiger partial charge in [0.2, 0.25) is 0 Å². The molecule has 2 rings (SSSR count). The molecule has 1 saturated carbocycles. The summed E-state index contributed by atoms with van der Waals surface area (Å²) >= 11 is 0. The molecule has 0 amide bonds. The Morgan fingerprint density at radius 2 is 2.19 bits per heavy atom. The van der Waals surface area contributed by atoms with E-state index in [0.29, 0.717) is 17.9 Å². The molecule has 0 radical (unpaired) electrons. The Morgan fingerprint density at radius 3 is 2.86 bits per heavy atom. The Bertz CT molecular complexity index is 413. The molecule has 3 atom stereocenters. The molecule has 0 aliphatic heterocycles. The first-order valence-corrected chi connectivity index (χ1v) is 8.67. The average Bonchev–Trinajstić information content (AvgIpc) is 2.86. The molecule has 0 aromatic carbocycles. The van der Waals surface area contributed by atoms with Crippen LogP contribution in [0.3, 0.4) is 0 Å². The number of rotatable bonds is 7. The molecule has 3 unspecified atom stereocenters. The van der Waals surface area contributed by atoms with Crippen LogP contribution in [-0.2, 0) is 13.0 Å². The van der Waals surface area contributed by atoms with Crippen LogP contribution in [0, 0.1) is 17.8 Å². The van der Waals surface area contributed by atoms with Crippen LogP contribution < -0.4 is 5.32 Å². The summed E-state index contributed by atoms with van der Waals surface area (Å²) < 4.78 is 2.11. The second-order valence-electron chi connectivity index (χ2n) is 7.08. The standard InChI is InChI=1S/C17H32N4/c1-5-6-14-7-8-16(18-4)15(9-14)10-17-19-12-20-21(17)11-13(2)3/h12-16,18H,5-11H2,1-4H3. The molecule has 21 heavy (non-hydrogen) atoms. The van der Waals surface area contributed by atoms with E-state index in [2.05, 4.69) is 47.9 Å². The zero-order valence-corrected chi connectivity index (χ0v) is 14.2. The fourth-order valence-electron chi connectivity index (χ4n) is 3.82. The maximum atomic E-state index is 4.53. The lowest BCUT2D eigenvalue weighted by molar-refractivity contribution is 0.196. The number of hydrogen-bond donors (Lipinski definition) is 1. The lowest BCUT2D eigenvalue weighted by atomic mass is 9.75. The van der Waals surface area contributed by atoms with Crippen LogP contribution in [0.5, 0.6) is 0 Å². The van der Waals surface area contributed by atoms with Crippen molar-refractivity contribution >= 4 is 0 Å². The number of nitrogens with one attached hydrogen (secondary N) is 1. The van der Waals surface area contributed by atoms with Crippen LogP contribution in [0.1, 0.15) is 58.7 Å². The summed E-state index contributed by atoms with van der Waals surface area (Å²) in [4.78, 5) is 4.53. The van der Waals surface area contributed by atoms with E-state index in [4.69, 9.17) is 0 Å². The minimum atomic E-state index is 0.616. The Hall–Kier alpha value is -0.900. The van der Waals surface area contributed by atoms with Crippen LogP contribution in [0.2, 0.25) is 0 Å². The largest absolute Gasteiger partial charge is 0.317 e. The number of hydrogen-bond acceptors (Lipinski definition) is 3. The van der Waals surface area contributed by atoms with Crippen LogP contribution >= 0.6 is 0 Å². The van der Waals surface area contributed by atoms with Gasteiger partial charge >= 0.3 is 0 Å². The van der Waals surface area contributed by atoms with E-state index < -0.39 is 0 Å². The van der Waals surface area contributed by atoms with Crippen molar-refractivity contribution in [3.63, 3.8) is 0 Å². The van der Waals surface area contributed by atoms with Gasteiger partial charge in [-0.25, -0.2) is 9.67 Å². The molecule has 1 aliphatic rings. The quantitative estimate of drug-likeness (QED) is 0.838. The minimum absolute atomic E-state index is 0.616. The van der Waals surface area contributed by atoms with Crippen molar-refractivity contribution in [2.75, 3.05) is 7.05 Å². The number of aromatic nitrogens is 3. The summed E-state index contributed by atoms with van der Waals surface area (Å²) in [5.41, 5.74) is 0. The van der Waals surface area contributed by atoms with E-state index in [1.54, 1.807) is 6.33 Å². The van der Waals surface area contributed by atoms with Gasteiger partial charge in [-0.2, -0.15) is 5.10 Å². The van der Waals surface area contributed by atoms with E-state index in [1.807, 2.05) is 0 Å². The van der Waals surface area contributed by atoms with Crippen molar-refractivity contribution in [1.82, 2.24) is 20.1 Å². The van der Waals surface area contributed by atoms with E-state index in [-0.39, 0.29) is 0 Å². The lowest BCUT2D eigenvalue weighted by Crippen LogP contribution is -2.40. The minimum Gasteiger partial charge on any atom is -0.317 e. The van der Waals surface area contributed by atoms with Gasteiger partial charge in [0.05, 0.1) is 0 Å². The third kappa shape index (κ3) is 4.53. The van der Waals surface area contributed by atoms with Crippen LogP contribution in [0.25, 0.3) is 0 Å². The topological polar surface area (TPSA) is 42.7 Å². The van der Waals surface area contributed by atoms with Crippen LogP contribution in [0.15, 0.2) is 6.33 Å². The molecule has 0 spiro atoms. The zero-order chi connectivity index (χ0) is 15.2. The van der Waals surface area contributed by atoms with E-state index >= 15 is 0 Å². The van der Waals surface area contributed by atoms with Crippen molar-refractivity contribution in [1.29, 1.82) is 0 Å². The van der Waals surface area contributed by atoms with Crippen LogP contribution in [0.4, 0.5) is 0 Å². The van der Waals surface area contributed by atoms with Crippen LogP contribution in [-0.4, -0.2) is 27.9 Å².